The minimum atomic E-state index is 0.146. The molecule has 4 heteroatoms. The van der Waals surface area contributed by atoms with Crippen LogP contribution in [0.4, 0.5) is 0 Å². The van der Waals surface area contributed by atoms with Crippen molar-refractivity contribution >= 4 is 0 Å². The van der Waals surface area contributed by atoms with Crippen LogP contribution in [-0.2, 0) is 6.42 Å². The molecule has 140 valence electrons. The number of ether oxygens (including phenoxy) is 3. The molecule has 0 bridgehead atoms. The molecular weight excluding hydrogens is 326 g/mol. The summed E-state index contributed by atoms with van der Waals surface area (Å²) in [6.45, 7) is 7.95. The Kier molecular flexibility index (Phi) is 5.72. The molecule has 2 aromatic rings. The summed E-state index contributed by atoms with van der Waals surface area (Å²) >= 11 is 0. The smallest absolute Gasteiger partial charge is 0.161 e. The summed E-state index contributed by atoms with van der Waals surface area (Å²) in [7, 11) is 3.43. The van der Waals surface area contributed by atoms with Crippen molar-refractivity contribution in [2.24, 2.45) is 0 Å². The number of methoxy groups -OCH3 is 2. The maximum atomic E-state index is 5.80. The molecule has 0 saturated carbocycles. The van der Waals surface area contributed by atoms with Crippen LogP contribution in [0.1, 0.15) is 55.0 Å². The Labute approximate surface area is 156 Å². The van der Waals surface area contributed by atoms with E-state index in [1.165, 1.54) is 22.3 Å². The quantitative estimate of drug-likeness (QED) is 0.830. The zero-order chi connectivity index (χ0) is 18.7. The highest BCUT2D eigenvalue weighted by Crippen LogP contribution is 2.39. The van der Waals surface area contributed by atoms with Crippen molar-refractivity contribution in [3.05, 3.63) is 52.6 Å². The van der Waals surface area contributed by atoms with Gasteiger partial charge in [-0.3, -0.25) is 0 Å². The van der Waals surface area contributed by atoms with E-state index in [2.05, 4.69) is 49.5 Å². The summed E-state index contributed by atoms with van der Waals surface area (Å²) in [5, 5.41) is 3.66. The Hall–Kier alpha value is -2.20. The third-order valence-corrected chi connectivity index (χ3v) is 4.99. The van der Waals surface area contributed by atoms with Gasteiger partial charge in [0, 0.05) is 6.54 Å². The molecule has 0 amide bonds. The SMILES string of the molecule is CCOc1cc2c(cc1OC)CCNC2c1ccc(OC)c(C(C)C)c1. The van der Waals surface area contributed by atoms with Gasteiger partial charge in [-0.1, -0.05) is 19.9 Å². The van der Waals surface area contributed by atoms with Crippen molar-refractivity contribution in [1.82, 2.24) is 5.32 Å². The fraction of sp³-hybridized carbons (Fsp3) is 0.455. The van der Waals surface area contributed by atoms with Crippen molar-refractivity contribution in [3.63, 3.8) is 0 Å². The van der Waals surface area contributed by atoms with Crippen LogP contribution in [0.15, 0.2) is 30.3 Å². The van der Waals surface area contributed by atoms with Crippen LogP contribution in [-0.4, -0.2) is 27.4 Å². The first kappa shape index (κ1) is 18.6. The highest BCUT2D eigenvalue weighted by atomic mass is 16.5. The summed E-state index contributed by atoms with van der Waals surface area (Å²) in [6, 6.07) is 10.9. The van der Waals surface area contributed by atoms with E-state index in [1.807, 2.05) is 6.92 Å². The Morgan fingerprint density at radius 3 is 2.46 bits per heavy atom. The average molecular weight is 355 g/mol. The molecule has 1 aliphatic rings. The normalized spacial score (nSPS) is 16.3. The van der Waals surface area contributed by atoms with Gasteiger partial charge in [0.15, 0.2) is 11.5 Å². The number of hydrogen-bond acceptors (Lipinski definition) is 4. The molecule has 0 aliphatic carbocycles. The molecule has 1 aliphatic heterocycles. The van der Waals surface area contributed by atoms with Crippen LogP contribution < -0.4 is 19.5 Å². The van der Waals surface area contributed by atoms with E-state index in [0.29, 0.717) is 12.5 Å². The molecule has 0 fully saturated rings. The summed E-state index contributed by atoms with van der Waals surface area (Å²) in [5.41, 5.74) is 5.07. The van der Waals surface area contributed by atoms with Crippen LogP contribution in [0.5, 0.6) is 17.2 Å². The van der Waals surface area contributed by atoms with E-state index in [-0.39, 0.29) is 6.04 Å². The van der Waals surface area contributed by atoms with Crippen molar-refractivity contribution < 1.29 is 14.2 Å². The van der Waals surface area contributed by atoms with E-state index >= 15 is 0 Å². The second-order valence-corrected chi connectivity index (χ2v) is 6.93. The first-order valence-corrected chi connectivity index (χ1v) is 9.33. The van der Waals surface area contributed by atoms with Crippen LogP contribution in [0, 0.1) is 0 Å². The van der Waals surface area contributed by atoms with Gasteiger partial charge in [0.2, 0.25) is 0 Å². The van der Waals surface area contributed by atoms with Gasteiger partial charge in [-0.25, -0.2) is 0 Å². The van der Waals surface area contributed by atoms with Crippen LogP contribution in [0.3, 0.4) is 0 Å². The van der Waals surface area contributed by atoms with E-state index < -0.39 is 0 Å². The van der Waals surface area contributed by atoms with Gasteiger partial charge < -0.3 is 19.5 Å². The maximum absolute atomic E-state index is 5.80. The lowest BCUT2D eigenvalue weighted by Gasteiger charge is -2.29. The monoisotopic (exact) mass is 355 g/mol. The molecule has 2 aromatic carbocycles. The van der Waals surface area contributed by atoms with Gasteiger partial charge in [-0.2, -0.15) is 0 Å². The lowest BCUT2D eigenvalue weighted by Crippen LogP contribution is -2.30. The van der Waals surface area contributed by atoms with Gasteiger partial charge >= 0.3 is 0 Å². The van der Waals surface area contributed by atoms with Crippen molar-refractivity contribution in [1.29, 1.82) is 0 Å². The molecule has 4 nitrogen and oxygen atoms in total. The minimum absolute atomic E-state index is 0.146. The topological polar surface area (TPSA) is 39.7 Å². The molecule has 1 atom stereocenters. The molecule has 1 heterocycles. The minimum Gasteiger partial charge on any atom is -0.496 e. The molecule has 0 aromatic heterocycles. The van der Waals surface area contributed by atoms with E-state index in [1.54, 1.807) is 14.2 Å². The Morgan fingerprint density at radius 2 is 1.81 bits per heavy atom. The fourth-order valence-electron chi connectivity index (χ4n) is 3.67. The molecule has 3 rings (SSSR count). The number of nitrogens with one attached hydrogen (secondary N) is 1. The summed E-state index contributed by atoms with van der Waals surface area (Å²) in [6.07, 6.45) is 0.988. The highest BCUT2D eigenvalue weighted by molar-refractivity contribution is 5.52. The van der Waals surface area contributed by atoms with E-state index in [4.69, 9.17) is 14.2 Å². The lowest BCUT2D eigenvalue weighted by molar-refractivity contribution is 0.309. The van der Waals surface area contributed by atoms with Crippen LogP contribution in [0.25, 0.3) is 0 Å². The fourth-order valence-corrected chi connectivity index (χ4v) is 3.67. The lowest BCUT2D eigenvalue weighted by atomic mass is 9.87. The number of rotatable bonds is 6. The molecule has 26 heavy (non-hydrogen) atoms. The zero-order valence-corrected chi connectivity index (χ0v) is 16.4. The van der Waals surface area contributed by atoms with Gasteiger partial charge in [-0.05, 0) is 65.8 Å². The van der Waals surface area contributed by atoms with Crippen molar-refractivity contribution in [2.75, 3.05) is 27.4 Å². The molecule has 1 N–H and O–H groups in total. The molecule has 0 saturated heterocycles. The van der Waals surface area contributed by atoms with Crippen molar-refractivity contribution in [2.45, 2.75) is 39.2 Å². The Morgan fingerprint density at radius 1 is 1.04 bits per heavy atom. The van der Waals surface area contributed by atoms with Gasteiger partial charge in [0.25, 0.3) is 0 Å². The van der Waals surface area contributed by atoms with Crippen LogP contribution in [0.2, 0.25) is 0 Å². The summed E-state index contributed by atoms with van der Waals surface area (Å²) in [5.74, 6) is 2.97. The first-order valence-electron chi connectivity index (χ1n) is 9.33. The largest absolute Gasteiger partial charge is 0.496 e. The van der Waals surface area contributed by atoms with Crippen molar-refractivity contribution in [3.8, 4) is 17.2 Å². The Bertz CT molecular complexity index is 770. The molecule has 0 radical (unpaired) electrons. The average Bonchev–Trinajstić information content (AvgIpc) is 2.66. The van der Waals surface area contributed by atoms with Gasteiger partial charge in [0.05, 0.1) is 26.9 Å². The third-order valence-electron chi connectivity index (χ3n) is 4.99. The van der Waals surface area contributed by atoms with E-state index in [0.717, 1.165) is 30.2 Å². The number of fused-ring (bicyclic) bond motifs is 1. The highest BCUT2D eigenvalue weighted by Gasteiger charge is 2.25. The second-order valence-electron chi connectivity index (χ2n) is 6.93. The van der Waals surface area contributed by atoms with Crippen LogP contribution >= 0.6 is 0 Å². The maximum Gasteiger partial charge on any atom is 0.161 e. The standard InChI is InChI=1S/C22H29NO3/c1-6-26-21-13-18-15(12-20(21)25-5)9-10-23-22(18)16-7-8-19(24-4)17(11-16)14(2)3/h7-8,11-14,22-23H,6,9-10H2,1-5H3. The summed E-state index contributed by atoms with van der Waals surface area (Å²) < 4.78 is 16.9. The van der Waals surface area contributed by atoms with E-state index in [9.17, 15) is 0 Å². The second kappa shape index (κ2) is 8.00. The first-order chi connectivity index (χ1) is 12.6. The Balaban J connectivity index is 2.06. The number of benzene rings is 2. The van der Waals surface area contributed by atoms with Gasteiger partial charge in [-0.15, -0.1) is 0 Å². The summed E-state index contributed by atoms with van der Waals surface area (Å²) in [4.78, 5) is 0. The predicted octanol–water partition coefficient (Wildman–Crippen LogP) is 4.46. The predicted molar refractivity (Wildman–Crippen MR) is 105 cm³/mol. The third kappa shape index (κ3) is 3.51. The molecule has 1 unspecified atom stereocenters. The molecular formula is C22H29NO3. The van der Waals surface area contributed by atoms with Gasteiger partial charge in [0.1, 0.15) is 5.75 Å². The zero-order valence-electron chi connectivity index (χ0n) is 16.4. The molecule has 0 spiro atoms. The number of hydrogen-bond donors (Lipinski definition) is 1.